The van der Waals surface area contributed by atoms with Crippen LogP contribution in [0.15, 0.2) is 42.5 Å². The molecule has 2 aromatic carbocycles. The summed E-state index contributed by atoms with van der Waals surface area (Å²) < 4.78 is 0. The van der Waals surface area contributed by atoms with Gasteiger partial charge in [-0.1, -0.05) is 42.5 Å². The first kappa shape index (κ1) is 11.8. The molecule has 0 unspecified atom stereocenters. The van der Waals surface area contributed by atoms with Gasteiger partial charge in [0.15, 0.2) is 0 Å². The van der Waals surface area contributed by atoms with Crippen molar-refractivity contribution in [2.24, 2.45) is 0 Å². The minimum Gasteiger partial charge on any atom is -1.00 e. The summed E-state index contributed by atoms with van der Waals surface area (Å²) in [6.45, 7) is 0. The van der Waals surface area contributed by atoms with Crippen molar-refractivity contribution in [3.63, 3.8) is 0 Å². The predicted octanol–water partition coefficient (Wildman–Crippen LogP) is -0.417. The van der Waals surface area contributed by atoms with Gasteiger partial charge in [-0.15, -0.1) is 0 Å². The number of carbonyl (C=O) groups is 1. The fourth-order valence-electron chi connectivity index (χ4n) is 1.61. The van der Waals surface area contributed by atoms with Crippen molar-refractivity contribution in [2.75, 3.05) is 0 Å². The Labute approximate surface area is 102 Å². The maximum atomic E-state index is 10.6. The van der Waals surface area contributed by atoms with E-state index in [9.17, 15) is 4.79 Å². The zero-order valence-corrected chi connectivity index (χ0v) is 8.60. The van der Waals surface area contributed by atoms with E-state index in [0.717, 1.165) is 16.3 Å². The van der Waals surface area contributed by atoms with E-state index in [1.807, 2.05) is 42.5 Å². The van der Waals surface area contributed by atoms with Crippen LogP contribution in [0.25, 0.3) is 10.8 Å². The Kier molecular flexibility index (Phi) is 3.96. The molecule has 72 valence electrons. The molecular weight excluding hydrogens is 183 g/mol. The molecule has 0 aliphatic heterocycles. The third-order valence-electron chi connectivity index (χ3n) is 2.22. The van der Waals surface area contributed by atoms with Crippen LogP contribution in [0.1, 0.15) is 6.99 Å². The molecule has 0 amide bonds. The molecule has 15 heavy (non-hydrogen) atoms. The molecule has 1 N–H and O–H groups in total. The third kappa shape index (κ3) is 2.62. The van der Waals surface area contributed by atoms with Crippen LogP contribution < -0.4 is 18.9 Å². The minimum atomic E-state index is -0.790. The fraction of sp³-hybridized carbons (Fsp3) is 0.0833. The van der Waals surface area contributed by atoms with E-state index in [2.05, 4.69) is 0 Å². The zero-order chi connectivity index (χ0) is 9.97. The molecule has 0 radical (unpaired) electrons. The molecule has 0 fully saturated rings. The number of carboxylic acid groups (broad SMARTS) is 1. The van der Waals surface area contributed by atoms with Crippen molar-refractivity contribution in [1.82, 2.24) is 0 Å². The number of benzene rings is 2. The normalized spacial score (nSPS) is 9.60. The second kappa shape index (κ2) is 5.02. The zero-order valence-electron chi connectivity index (χ0n) is 9.60. The summed E-state index contributed by atoms with van der Waals surface area (Å²) in [5.41, 5.74) is 0.871. The van der Waals surface area contributed by atoms with E-state index < -0.39 is 5.97 Å². The second-order valence-electron chi connectivity index (χ2n) is 3.21. The van der Waals surface area contributed by atoms with Crippen LogP contribution in [0.4, 0.5) is 0 Å². The summed E-state index contributed by atoms with van der Waals surface area (Å²) in [6, 6.07) is 13.5. The minimum absolute atomic E-state index is 0. The van der Waals surface area contributed by atoms with Gasteiger partial charge in [0.05, 0.1) is 6.42 Å². The average molecular weight is 194 g/mol. The summed E-state index contributed by atoms with van der Waals surface area (Å²) in [5.74, 6) is -0.790. The smallest absolute Gasteiger partial charge is 1.00 e. The Bertz CT molecular complexity index is 480. The molecular formula is C12H11LiO2. The molecule has 0 bridgehead atoms. The monoisotopic (exact) mass is 194 g/mol. The molecule has 2 aromatic rings. The number of rotatable bonds is 2. The van der Waals surface area contributed by atoms with E-state index in [4.69, 9.17) is 5.11 Å². The average Bonchev–Trinajstić information content (AvgIpc) is 2.18. The summed E-state index contributed by atoms with van der Waals surface area (Å²) >= 11 is 0. The SMILES string of the molecule is O=C(O)Cc1cccc2ccccc12.[H-].[Li+]. The molecule has 0 heterocycles. The van der Waals surface area contributed by atoms with E-state index in [0.29, 0.717) is 0 Å². The van der Waals surface area contributed by atoms with Crippen LogP contribution in [-0.2, 0) is 11.2 Å². The van der Waals surface area contributed by atoms with Gasteiger partial charge < -0.3 is 6.53 Å². The summed E-state index contributed by atoms with van der Waals surface area (Å²) in [7, 11) is 0. The van der Waals surface area contributed by atoms with E-state index in [1.165, 1.54) is 0 Å². The molecule has 0 saturated carbocycles. The maximum Gasteiger partial charge on any atom is 1.00 e. The first-order valence-corrected chi connectivity index (χ1v) is 4.46. The van der Waals surface area contributed by atoms with Crippen LogP contribution in [-0.4, -0.2) is 11.1 Å². The summed E-state index contributed by atoms with van der Waals surface area (Å²) in [4.78, 5) is 10.6. The molecule has 0 aliphatic carbocycles. The number of carboxylic acids is 1. The molecule has 3 heteroatoms. The van der Waals surface area contributed by atoms with Gasteiger partial charge in [-0.3, -0.25) is 4.79 Å². The largest absolute Gasteiger partial charge is 1.00 e. The van der Waals surface area contributed by atoms with Crippen molar-refractivity contribution in [2.45, 2.75) is 6.42 Å². The fourth-order valence-corrected chi connectivity index (χ4v) is 1.61. The van der Waals surface area contributed by atoms with Gasteiger partial charge in [0.25, 0.3) is 0 Å². The van der Waals surface area contributed by atoms with Gasteiger partial charge in [-0.2, -0.15) is 0 Å². The Balaban J connectivity index is 0.00000112. The van der Waals surface area contributed by atoms with E-state index in [1.54, 1.807) is 0 Å². The standard InChI is InChI=1S/C12H10O2.Li.H/c13-12(14)8-10-6-3-5-9-4-1-2-7-11(9)10;;/h1-7H,8H2,(H,13,14);;/q;+1;-1. The second-order valence-corrected chi connectivity index (χ2v) is 3.21. The van der Waals surface area contributed by atoms with E-state index in [-0.39, 0.29) is 26.7 Å². The molecule has 0 saturated heterocycles. The first-order chi connectivity index (χ1) is 6.77. The molecule has 0 aromatic heterocycles. The van der Waals surface area contributed by atoms with Crippen LogP contribution in [0.5, 0.6) is 0 Å². The Morgan fingerprint density at radius 1 is 1.13 bits per heavy atom. The first-order valence-electron chi connectivity index (χ1n) is 4.46. The van der Waals surface area contributed by atoms with Crippen LogP contribution in [0, 0.1) is 0 Å². The Morgan fingerprint density at radius 2 is 1.80 bits per heavy atom. The van der Waals surface area contributed by atoms with Crippen LogP contribution in [0.2, 0.25) is 0 Å². The topological polar surface area (TPSA) is 37.3 Å². The molecule has 0 aliphatic rings. The molecule has 0 spiro atoms. The van der Waals surface area contributed by atoms with Gasteiger partial charge in [0.1, 0.15) is 0 Å². The van der Waals surface area contributed by atoms with Crippen LogP contribution >= 0.6 is 0 Å². The van der Waals surface area contributed by atoms with Gasteiger partial charge in [0, 0.05) is 0 Å². The van der Waals surface area contributed by atoms with Gasteiger partial charge in [-0.25, -0.2) is 0 Å². The number of fused-ring (bicyclic) bond motifs is 1. The summed E-state index contributed by atoms with van der Waals surface area (Å²) in [6.07, 6.45) is 0.0847. The van der Waals surface area contributed by atoms with Gasteiger partial charge in [-0.05, 0) is 16.3 Å². The van der Waals surface area contributed by atoms with Crippen molar-refractivity contribution in [1.29, 1.82) is 0 Å². The number of hydrogen-bond acceptors (Lipinski definition) is 1. The van der Waals surface area contributed by atoms with Crippen LogP contribution in [0.3, 0.4) is 0 Å². The number of aliphatic carboxylic acids is 1. The maximum absolute atomic E-state index is 10.6. The van der Waals surface area contributed by atoms with Crippen molar-refractivity contribution >= 4 is 16.7 Å². The third-order valence-corrected chi connectivity index (χ3v) is 2.22. The van der Waals surface area contributed by atoms with Gasteiger partial charge in [0.2, 0.25) is 0 Å². The molecule has 2 rings (SSSR count). The van der Waals surface area contributed by atoms with E-state index >= 15 is 0 Å². The quantitative estimate of drug-likeness (QED) is 0.659. The van der Waals surface area contributed by atoms with Crippen molar-refractivity contribution < 1.29 is 30.2 Å². The number of hydrogen-bond donors (Lipinski definition) is 1. The Morgan fingerprint density at radius 3 is 2.53 bits per heavy atom. The predicted molar refractivity (Wildman–Crippen MR) is 56.4 cm³/mol. The van der Waals surface area contributed by atoms with Crippen molar-refractivity contribution in [3.8, 4) is 0 Å². The molecule has 2 nitrogen and oxygen atoms in total. The molecule has 0 atom stereocenters. The van der Waals surface area contributed by atoms with Crippen molar-refractivity contribution in [3.05, 3.63) is 48.0 Å². The summed E-state index contributed by atoms with van der Waals surface area (Å²) in [5, 5.41) is 10.8. The van der Waals surface area contributed by atoms with Gasteiger partial charge >= 0.3 is 24.8 Å². The Hall–Kier alpha value is -1.23.